The topological polar surface area (TPSA) is 74.6 Å². The Kier molecular flexibility index (Phi) is 5.42. The van der Waals surface area contributed by atoms with Crippen LogP contribution in [0.3, 0.4) is 0 Å². The molecular weight excluding hydrogens is 450 g/mol. The molecule has 1 amide bonds. The largest absolute Gasteiger partial charge is 0.506 e. The van der Waals surface area contributed by atoms with Gasteiger partial charge in [0.1, 0.15) is 5.75 Å². The highest BCUT2D eigenvalue weighted by atomic mass is 79.9. The zero-order chi connectivity index (χ0) is 20.4. The van der Waals surface area contributed by atoms with Crippen LogP contribution in [0.5, 0.6) is 5.75 Å². The molecular formula is C22H16BrN3O2S. The predicted octanol–water partition coefficient (Wildman–Crippen LogP) is 5.50. The summed E-state index contributed by atoms with van der Waals surface area (Å²) >= 11 is 4.88. The Morgan fingerprint density at radius 1 is 1.21 bits per heavy atom. The minimum Gasteiger partial charge on any atom is -0.506 e. The van der Waals surface area contributed by atoms with Gasteiger partial charge in [-0.1, -0.05) is 24.3 Å². The molecule has 0 unspecified atom stereocenters. The number of halogens is 1. The molecule has 0 fully saturated rings. The van der Waals surface area contributed by atoms with Gasteiger partial charge in [-0.25, -0.2) is 10.4 Å². The van der Waals surface area contributed by atoms with Gasteiger partial charge in [-0.05, 0) is 69.7 Å². The third-order valence-corrected chi connectivity index (χ3v) is 5.89. The molecule has 2 heterocycles. The predicted molar refractivity (Wildman–Crippen MR) is 121 cm³/mol. The number of phenolic OH excluding ortho intramolecular Hbond substituents is 1. The first-order chi connectivity index (χ1) is 14.0. The maximum absolute atomic E-state index is 12.9. The molecule has 0 aliphatic heterocycles. The smallest absolute Gasteiger partial charge is 0.272 e. The number of hydrogen-bond acceptors (Lipinski definition) is 5. The van der Waals surface area contributed by atoms with Crippen LogP contribution in [0.1, 0.15) is 21.5 Å². The summed E-state index contributed by atoms with van der Waals surface area (Å²) in [7, 11) is 0. The Morgan fingerprint density at radius 2 is 2.03 bits per heavy atom. The van der Waals surface area contributed by atoms with E-state index in [-0.39, 0.29) is 11.7 Å². The first-order valence-corrected chi connectivity index (χ1v) is 10.5. The second kappa shape index (κ2) is 8.14. The standard InChI is InChI=1S/C22H16BrN3O2S/c1-13-9-14(10-17(23)21(13)27)12-24-26-22(28)16-11-19(20-7-4-8-29-20)25-18-6-3-2-5-15(16)18/h2-12,27H,1H3,(H,26,28)/b24-12+. The van der Waals surface area contributed by atoms with Crippen LogP contribution in [0.15, 0.2) is 69.6 Å². The van der Waals surface area contributed by atoms with Gasteiger partial charge in [0, 0.05) is 5.39 Å². The highest BCUT2D eigenvalue weighted by Gasteiger charge is 2.14. The van der Waals surface area contributed by atoms with E-state index >= 15 is 0 Å². The normalized spacial score (nSPS) is 11.2. The highest BCUT2D eigenvalue weighted by molar-refractivity contribution is 9.10. The van der Waals surface area contributed by atoms with Crippen molar-refractivity contribution in [2.75, 3.05) is 0 Å². The molecule has 0 radical (unpaired) electrons. The summed E-state index contributed by atoms with van der Waals surface area (Å²) in [5, 5.41) is 16.7. The summed E-state index contributed by atoms with van der Waals surface area (Å²) in [4.78, 5) is 18.5. The molecule has 0 bridgehead atoms. The average Bonchev–Trinajstić information content (AvgIpc) is 3.26. The van der Waals surface area contributed by atoms with Crippen LogP contribution in [0.25, 0.3) is 21.5 Å². The van der Waals surface area contributed by atoms with Crippen molar-refractivity contribution in [3.05, 3.63) is 81.1 Å². The summed E-state index contributed by atoms with van der Waals surface area (Å²) in [6, 6.07) is 16.8. The number of rotatable bonds is 4. The van der Waals surface area contributed by atoms with Crippen LogP contribution in [-0.2, 0) is 0 Å². The van der Waals surface area contributed by atoms with Crippen LogP contribution in [-0.4, -0.2) is 22.2 Å². The van der Waals surface area contributed by atoms with Crippen molar-refractivity contribution in [1.82, 2.24) is 10.4 Å². The number of amides is 1. The van der Waals surface area contributed by atoms with E-state index in [9.17, 15) is 9.90 Å². The lowest BCUT2D eigenvalue weighted by Crippen LogP contribution is -2.18. The van der Waals surface area contributed by atoms with Gasteiger partial charge in [-0.3, -0.25) is 4.79 Å². The Morgan fingerprint density at radius 3 is 2.79 bits per heavy atom. The number of hydrazone groups is 1. The number of aromatic nitrogens is 1. The summed E-state index contributed by atoms with van der Waals surface area (Å²) in [6.45, 7) is 1.80. The van der Waals surface area contributed by atoms with Crippen LogP contribution < -0.4 is 5.43 Å². The summed E-state index contributed by atoms with van der Waals surface area (Å²) in [5.74, 6) is -0.122. The minimum absolute atomic E-state index is 0.190. The number of carbonyl (C=O) groups is 1. The van der Waals surface area contributed by atoms with Crippen molar-refractivity contribution in [1.29, 1.82) is 0 Å². The maximum Gasteiger partial charge on any atom is 0.272 e. The van der Waals surface area contributed by atoms with E-state index in [4.69, 9.17) is 0 Å². The molecule has 0 aliphatic rings. The first-order valence-electron chi connectivity index (χ1n) is 8.79. The molecule has 4 rings (SSSR count). The average molecular weight is 466 g/mol. The Hall–Kier alpha value is -3.03. The number of nitrogens with zero attached hydrogens (tertiary/aromatic N) is 2. The van der Waals surface area contributed by atoms with Gasteiger partial charge >= 0.3 is 0 Å². The van der Waals surface area contributed by atoms with Crippen molar-refractivity contribution in [2.45, 2.75) is 6.92 Å². The number of phenols is 1. The fourth-order valence-corrected chi connectivity index (χ4v) is 4.24. The number of nitrogens with one attached hydrogen (secondary N) is 1. The van der Waals surface area contributed by atoms with E-state index in [1.165, 1.54) is 0 Å². The van der Waals surface area contributed by atoms with Gasteiger partial charge in [-0.15, -0.1) is 11.3 Å². The lowest BCUT2D eigenvalue weighted by molar-refractivity contribution is 0.0956. The molecule has 0 atom stereocenters. The number of pyridine rings is 1. The first kappa shape index (κ1) is 19.3. The molecule has 4 aromatic rings. The Balaban J connectivity index is 1.65. The minimum atomic E-state index is -0.313. The van der Waals surface area contributed by atoms with Crippen molar-refractivity contribution >= 4 is 50.3 Å². The van der Waals surface area contributed by atoms with Gasteiger partial charge < -0.3 is 5.11 Å². The summed E-state index contributed by atoms with van der Waals surface area (Å²) in [6.07, 6.45) is 1.54. The van der Waals surface area contributed by atoms with Crippen molar-refractivity contribution in [3.8, 4) is 16.3 Å². The van der Waals surface area contributed by atoms with Crippen LogP contribution >= 0.6 is 27.3 Å². The fraction of sp³-hybridized carbons (Fsp3) is 0.0455. The number of carbonyl (C=O) groups excluding carboxylic acids is 1. The van der Waals surface area contributed by atoms with E-state index < -0.39 is 0 Å². The summed E-state index contributed by atoms with van der Waals surface area (Å²) in [5.41, 5.74) is 6.09. The zero-order valence-corrected chi connectivity index (χ0v) is 17.8. The molecule has 0 saturated carbocycles. The second-order valence-electron chi connectivity index (χ2n) is 6.42. The van der Waals surface area contributed by atoms with E-state index in [0.29, 0.717) is 15.6 Å². The third kappa shape index (κ3) is 4.06. The van der Waals surface area contributed by atoms with E-state index in [0.717, 1.165) is 27.0 Å². The van der Waals surface area contributed by atoms with E-state index in [1.54, 1.807) is 42.7 Å². The molecule has 2 aromatic heterocycles. The molecule has 29 heavy (non-hydrogen) atoms. The van der Waals surface area contributed by atoms with Crippen molar-refractivity contribution in [3.63, 3.8) is 0 Å². The number of aryl methyl sites for hydroxylation is 1. The maximum atomic E-state index is 12.9. The number of benzene rings is 2. The monoisotopic (exact) mass is 465 g/mol. The molecule has 0 spiro atoms. The quantitative estimate of drug-likeness (QED) is 0.308. The molecule has 7 heteroatoms. The van der Waals surface area contributed by atoms with Crippen molar-refractivity contribution in [2.24, 2.45) is 5.10 Å². The van der Waals surface area contributed by atoms with Gasteiger partial charge in [0.15, 0.2) is 0 Å². The van der Waals surface area contributed by atoms with E-state index in [2.05, 4.69) is 31.4 Å². The van der Waals surface area contributed by atoms with Gasteiger partial charge in [0.25, 0.3) is 5.91 Å². The molecule has 0 saturated heterocycles. The number of hydrogen-bond donors (Lipinski definition) is 2. The Labute approximate surface area is 179 Å². The number of thiophene rings is 1. The Bertz CT molecular complexity index is 1210. The van der Waals surface area contributed by atoms with Crippen molar-refractivity contribution < 1.29 is 9.90 Å². The molecule has 5 nitrogen and oxygen atoms in total. The van der Waals surface area contributed by atoms with Crippen LogP contribution in [0, 0.1) is 6.92 Å². The highest BCUT2D eigenvalue weighted by Crippen LogP contribution is 2.29. The van der Waals surface area contributed by atoms with Gasteiger partial charge in [0.05, 0.1) is 32.3 Å². The second-order valence-corrected chi connectivity index (χ2v) is 8.22. The molecule has 0 aliphatic carbocycles. The lowest BCUT2D eigenvalue weighted by Gasteiger charge is -2.08. The van der Waals surface area contributed by atoms with E-state index in [1.807, 2.05) is 41.8 Å². The summed E-state index contributed by atoms with van der Waals surface area (Å²) < 4.78 is 0.575. The fourth-order valence-electron chi connectivity index (χ4n) is 2.98. The van der Waals surface area contributed by atoms with Gasteiger partial charge in [-0.2, -0.15) is 5.10 Å². The SMILES string of the molecule is Cc1cc(/C=N/NC(=O)c2cc(-c3cccs3)nc3ccccc23)cc(Br)c1O. The number of fused-ring (bicyclic) bond motifs is 1. The zero-order valence-electron chi connectivity index (χ0n) is 15.4. The lowest BCUT2D eigenvalue weighted by atomic mass is 10.1. The molecule has 2 aromatic carbocycles. The number of para-hydroxylation sites is 1. The number of aromatic hydroxyl groups is 1. The molecule has 2 N–H and O–H groups in total. The van der Waals surface area contributed by atoms with Crippen LogP contribution in [0.2, 0.25) is 0 Å². The van der Waals surface area contributed by atoms with Crippen LogP contribution in [0.4, 0.5) is 0 Å². The molecule has 144 valence electrons. The third-order valence-electron chi connectivity index (χ3n) is 4.39. The van der Waals surface area contributed by atoms with Gasteiger partial charge in [0.2, 0.25) is 0 Å².